The number of halogens is 1. The quantitative estimate of drug-likeness (QED) is 0.669. The Morgan fingerprint density at radius 1 is 1.14 bits per heavy atom. The summed E-state index contributed by atoms with van der Waals surface area (Å²) in [5.74, 6) is 0.506. The van der Waals surface area contributed by atoms with Gasteiger partial charge < -0.3 is 14.7 Å². The van der Waals surface area contributed by atoms with Crippen LogP contribution in [0.15, 0.2) is 53.3 Å². The largest absolute Gasteiger partial charge is 0.491 e. The molecule has 152 valence electrons. The summed E-state index contributed by atoms with van der Waals surface area (Å²) in [7, 11) is 0. The van der Waals surface area contributed by atoms with Crippen molar-refractivity contribution in [1.29, 1.82) is 0 Å². The van der Waals surface area contributed by atoms with Crippen LogP contribution in [0.1, 0.15) is 24.5 Å². The molecular formula is C22H24FN3O3. The minimum atomic E-state index is -0.622. The van der Waals surface area contributed by atoms with E-state index in [1.807, 2.05) is 24.3 Å². The number of ether oxygens (including phenoxy) is 1. The Morgan fingerprint density at radius 2 is 1.83 bits per heavy atom. The zero-order chi connectivity index (χ0) is 20.2. The van der Waals surface area contributed by atoms with Gasteiger partial charge in [-0.1, -0.05) is 18.2 Å². The van der Waals surface area contributed by atoms with E-state index in [0.717, 1.165) is 37.0 Å². The molecule has 0 bridgehead atoms. The molecule has 4 rings (SSSR count). The molecule has 1 aliphatic heterocycles. The molecule has 2 aromatic carbocycles. The summed E-state index contributed by atoms with van der Waals surface area (Å²) in [6.45, 7) is 2.37. The lowest BCUT2D eigenvalue weighted by molar-refractivity contribution is 0.0593. The maximum absolute atomic E-state index is 12.9. The van der Waals surface area contributed by atoms with Crippen molar-refractivity contribution in [3.63, 3.8) is 0 Å². The van der Waals surface area contributed by atoms with Gasteiger partial charge in [0, 0.05) is 17.8 Å². The summed E-state index contributed by atoms with van der Waals surface area (Å²) >= 11 is 0. The molecular weight excluding hydrogens is 373 g/mol. The Hall–Kier alpha value is -2.77. The number of β-amino-alcohol motifs (C(OH)–C–C–N with tert-alkyl or cyclic N) is 1. The van der Waals surface area contributed by atoms with Crippen LogP contribution in [0.4, 0.5) is 4.39 Å². The summed E-state index contributed by atoms with van der Waals surface area (Å²) in [6, 6.07) is 13.3. The van der Waals surface area contributed by atoms with Crippen LogP contribution < -0.4 is 10.3 Å². The molecule has 29 heavy (non-hydrogen) atoms. The van der Waals surface area contributed by atoms with Gasteiger partial charge in [-0.3, -0.25) is 4.79 Å². The standard InChI is InChI=1S/C22H24FN3O3/c23-16-5-7-18(8-6-16)29-14-17(27)13-26-11-9-15(10-12-26)21-19-3-1-2-4-20(19)22(28)25-24-21/h1-8,15,17,27H,9-14H2,(H,25,28). The predicted molar refractivity (Wildman–Crippen MR) is 109 cm³/mol. The van der Waals surface area contributed by atoms with Crippen molar-refractivity contribution in [2.75, 3.05) is 26.2 Å². The Bertz CT molecular complexity index is 1010. The highest BCUT2D eigenvalue weighted by molar-refractivity contribution is 5.83. The van der Waals surface area contributed by atoms with Gasteiger partial charge in [0.15, 0.2) is 0 Å². The zero-order valence-corrected chi connectivity index (χ0v) is 16.1. The fraction of sp³-hybridized carbons (Fsp3) is 0.364. The van der Waals surface area contributed by atoms with E-state index in [2.05, 4.69) is 15.1 Å². The van der Waals surface area contributed by atoms with Crippen LogP contribution in [0, 0.1) is 5.82 Å². The van der Waals surface area contributed by atoms with Crippen molar-refractivity contribution in [1.82, 2.24) is 15.1 Å². The first kappa shape index (κ1) is 19.5. The molecule has 0 saturated carbocycles. The Kier molecular flexibility index (Phi) is 5.87. The zero-order valence-electron chi connectivity index (χ0n) is 16.1. The lowest BCUT2D eigenvalue weighted by Crippen LogP contribution is -2.40. The topological polar surface area (TPSA) is 78.5 Å². The molecule has 1 saturated heterocycles. The maximum Gasteiger partial charge on any atom is 0.272 e. The molecule has 1 aromatic heterocycles. The van der Waals surface area contributed by atoms with Gasteiger partial charge in [-0.05, 0) is 56.3 Å². The van der Waals surface area contributed by atoms with Gasteiger partial charge in [0.1, 0.15) is 24.3 Å². The Labute approximate surface area is 167 Å². The summed E-state index contributed by atoms with van der Waals surface area (Å²) in [5, 5.41) is 18.8. The average Bonchev–Trinajstić information content (AvgIpc) is 2.75. The molecule has 0 aliphatic carbocycles. The molecule has 2 N–H and O–H groups in total. The van der Waals surface area contributed by atoms with E-state index >= 15 is 0 Å². The number of H-pyrrole nitrogens is 1. The third-order valence-corrected chi connectivity index (χ3v) is 5.42. The van der Waals surface area contributed by atoms with Crippen LogP contribution in [0.2, 0.25) is 0 Å². The second kappa shape index (κ2) is 8.71. The van der Waals surface area contributed by atoms with E-state index < -0.39 is 6.10 Å². The van der Waals surface area contributed by atoms with Crippen LogP contribution in [0.25, 0.3) is 10.8 Å². The normalized spacial score (nSPS) is 16.8. The monoisotopic (exact) mass is 397 g/mol. The minimum Gasteiger partial charge on any atom is -0.491 e. The smallest absolute Gasteiger partial charge is 0.272 e. The first-order valence-electron chi connectivity index (χ1n) is 9.86. The number of nitrogens with zero attached hydrogens (tertiary/aromatic N) is 2. The molecule has 1 unspecified atom stereocenters. The fourth-order valence-corrected chi connectivity index (χ4v) is 3.91. The van der Waals surface area contributed by atoms with Gasteiger partial charge in [0.05, 0.1) is 11.1 Å². The SMILES string of the molecule is O=c1[nH]nc(C2CCN(CC(O)COc3ccc(F)cc3)CC2)c2ccccc12. The number of hydrogen-bond donors (Lipinski definition) is 2. The molecule has 1 aliphatic rings. The number of aromatic nitrogens is 2. The highest BCUT2D eigenvalue weighted by atomic mass is 19.1. The van der Waals surface area contributed by atoms with Gasteiger partial charge in [-0.15, -0.1) is 0 Å². The lowest BCUT2D eigenvalue weighted by atomic mass is 9.90. The van der Waals surface area contributed by atoms with Crippen LogP contribution in [-0.4, -0.2) is 52.5 Å². The molecule has 0 spiro atoms. The van der Waals surface area contributed by atoms with Crippen LogP contribution in [-0.2, 0) is 0 Å². The highest BCUT2D eigenvalue weighted by Crippen LogP contribution is 2.30. The fourth-order valence-electron chi connectivity index (χ4n) is 3.91. The second-order valence-electron chi connectivity index (χ2n) is 7.48. The number of fused-ring (bicyclic) bond motifs is 1. The number of likely N-dealkylation sites (tertiary alicyclic amines) is 1. The average molecular weight is 397 g/mol. The molecule has 2 heterocycles. The molecule has 0 amide bonds. The predicted octanol–water partition coefficient (Wildman–Crippen LogP) is 2.68. The van der Waals surface area contributed by atoms with Crippen LogP contribution >= 0.6 is 0 Å². The highest BCUT2D eigenvalue weighted by Gasteiger charge is 2.25. The maximum atomic E-state index is 12.9. The number of piperidine rings is 1. The molecule has 1 atom stereocenters. The molecule has 3 aromatic rings. The van der Waals surface area contributed by atoms with E-state index in [0.29, 0.717) is 17.7 Å². The first-order valence-corrected chi connectivity index (χ1v) is 9.86. The summed E-state index contributed by atoms with van der Waals surface area (Å²) in [6.07, 6.45) is 1.20. The lowest BCUT2D eigenvalue weighted by Gasteiger charge is -2.33. The van der Waals surface area contributed by atoms with Crippen molar-refractivity contribution in [2.45, 2.75) is 24.9 Å². The number of aromatic amines is 1. The number of nitrogens with one attached hydrogen (secondary N) is 1. The molecule has 6 nitrogen and oxygen atoms in total. The van der Waals surface area contributed by atoms with Crippen molar-refractivity contribution < 1.29 is 14.2 Å². The third-order valence-electron chi connectivity index (χ3n) is 5.42. The number of aliphatic hydroxyl groups is 1. The van der Waals surface area contributed by atoms with Crippen LogP contribution in [0.5, 0.6) is 5.75 Å². The first-order chi connectivity index (χ1) is 14.1. The van der Waals surface area contributed by atoms with E-state index in [1.54, 1.807) is 12.1 Å². The molecule has 7 heteroatoms. The van der Waals surface area contributed by atoms with Crippen molar-refractivity contribution in [3.05, 3.63) is 70.4 Å². The van der Waals surface area contributed by atoms with E-state index in [-0.39, 0.29) is 23.9 Å². The van der Waals surface area contributed by atoms with E-state index in [4.69, 9.17) is 4.74 Å². The summed E-state index contributed by atoms with van der Waals surface area (Å²) in [5.41, 5.74) is 0.783. The Morgan fingerprint density at radius 3 is 2.55 bits per heavy atom. The van der Waals surface area contributed by atoms with Gasteiger partial charge in [0.2, 0.25) is 0 Å². The summed E-state index contributed by atoms with van der Waals surface area (Å²) < 4.78 is 18.4. The van der Waals surface area contributed by atoms with Crippen molar-refractivity contribution in [2.24, 2.45) is 0 Å². The van der Waals surface area contributed by atoms with E-state index in [1.165, 1.54) is 12.1 Å². The second-order valence-corrected chi connectivity index (χ2v) is 7.48. The van der Waals surface area contributed by atoms with Gasteiger partial charge >= 0.3 is 0 Å². The number of aliphatic hydroxyl groups excluding tert-OH is 1. The molecule has 1 fully saturated rings. The number of rotatable bonds is 6. The summed E-state index contributed by atoms with van der Waals surface area (Å²) in [4.78, 5) is 14.2. The van der Waals surface area contributed by atoms with Crippen LogP contribution in [0.3, 0.4) is 0 Å². The third kappa shape index (κ3) is 4.63. The van der Waals surface area contributed by atoms with Gasteiger partial charge in [-0.25, -0.2) is 9.49 Å². The Balaban J connectivity index is 1.31. The minimum absolute atomic E-state index is 0.161. The number of benzene rings is 2. The van der Waals surface area contributed by atoms with E-state index in [9.17, 15) is 14.3 Å². The van der Waals surface area contributed by atoms with Gasteiger partial charge in [-0.2, -0.15) is 5.10 Å². The van der Waals surface area contributed by atoms with Crippen molar-refractivity contribution in [3.8, 4) is 5.75 Å². The number of hydrogen-bond acceptors (Lipinski definition) is 5. The molecule has 0 radical (unpaired) electrons. The van der Waals surface area contributed by atoms with Crippen molar-refractivity contribution >= 4 is 10.8 Å². The van der Waals surface area contributed by atoms with Gasteiger partial charge in [0.25, 0.3) is 5.56 Å².